The maximum Gasteiger partial charge on any atom is 0.313 e. The van der Waals surface area contributed by atoms with E-state index in [-0.39, 0.29) is 5.75 Å². The zero-order valence-corrected chi connectivity index (χ0v) is 12.5. The first-order valence-corrected chi connectivity index (χ1v) is 8.10. The summed E-state index contributed by atoms with van der Waals surface area (Å²) in [6.45, 7) is 2.55. The molecule has 21 heavy (non-hydrogen) atoms. The smallest absolute Gasteiger partial charge is 0.313 e. The van der Waals surface area contributed by atoms with Gasteiger partial charge in [-0.05, 0) is 30.9 Å². The van der Waals surface area contributed by atoms with E-state index in [0.29, 0.717) is 5.92 Å². The number of carbonyl (C=O) groups is 1. The monoisotopic (exact) mass is 306 g/mol. The summed E-state index contributed by atoms with van der Waals surface area (Å²) in [6, 6.07) is 7.95. The summed E-state index contributed by atoms with van der Waals surface area (Å²) < 4.78 is 7.56. The SMILES string of the molecule is O=C(O)CSc1nc2ccccc2n1CCC1CCOC1. The second-order valence-electron chi connectivity index (χ2n) is 5.24. The van der Waals surface area contributed by atoms with Gasteiger partial charge in [-0.15, -0.1) is 0 Å². The number of imidazole rings is 1. The Morgan fingerprint density at radius 3 is 3.10 bits per heavy atom. The molecule has 0 bridgehead atoms. The van der Waals surface area contributed by atoms with Crippen LogP contribution in [-0.2, 0) is 16.1 Å². The number of para-hydroxylation sites is 2. The Kier molecular flexibility index (Phi) is 4.45. The number of ether oxygens (including phenoxy) is 1. The van der Waals surface area contributed by atoms with Crippen molar-refractivity contribution in [3.05, 3.63) is 24.3 Å². The van der Waals surface area contributed by atoms with Crippen LogP contribution in [0.1, 0.15) is 12.8 Å². The van der Waals surface area contributed by atoms with E-state index < -0.39 is 5.97 Å². The molecule has 3 rings (SSSR count). The molecule has 0 aliphatic carbocycles. The first-order chi connectivity index (χ1) is 10.2. The van der Waals surface area contributed by atoms with Gasteiger partial charge in [0, 0.05) is 19.8 Å². The van der Waals surface area contributed by atoms with Crippen LogP contribution in [0.3, 0.4) is 0 Å². The summed E-state index contributed by atoms with van der Waals surface area (Å²) >= 11 is 1.28. The molecule has 2 aromatic rings. The van der Waals surface area contributed by atoms with Gasteiger partial charge in [-0.1, -0.05) is 23.9 Å². The fraction of sp³-hybridized carbons (Fsp3) is 0.467. The zero-order chi connectivity index (χ0) is 14.7. The molecule has 1 fully saturated rings. The molecular weight excluding hydrogens is 288 g/mol. The number of carboxylic acids is 1. The van der Waals surface area contributed by atoms with E-state index in [4.69, 9.17) is 9.84 Å². The Balaban J connectivity index is 1.81. The van der Waals surface area contributed by atoms with E-state index in [9.17, 15) is 4.79 Å². The minimum Gasteiger partial charge on any atom is -0.481 e. The van der Waals surface area contributed by atoms with Gasteiger partial charge in [0.25, 0.3) is 0 Å². The van der Waals surface area contributed by atoms with Gasteiger partial charge in [-0.3, -0.25) is 4.79 Å². The summed E-state index contributed by atoms with van der Waals surface area (Å²) in [6.07, 6.45) is 2.16. The van der Waals surface area contributed by atoms with Gasteiger partial charge < -0.3 is 14.4 Å². The molecule has 2 heterocycles. The molecule has 0 radical (unpaired) electrons. The molecule has 1 atom stereocenters. The Morgan fingerprint density at radius 2 is 2.33 bits per heavy atom. The lowest BCUT2D eigenvalue weighted by Gasteiger charge is -2.11. The highest BCUT2D eigenvalue weighted by Crippen LogP contribution is 2.26. The highest BCUT2D eigenvalue weighted by atomic mass is 32.2. The third kappa shape index (κ3) is 3.39. The fourth-order valence-corrected chi connectivity index (χ4v) is 3.39. The minimum atomic E-state index is -0.817. The Labute approximate surface area is 127 Å². The quantitative estimate of drug-likeness (QED) is 0.831. The van der Waals surface area contributed by atoms with Gasteiger partial charge in [0.2, 0.25) is 0 Å². The predicted octanol–water partition coefficient (Wildman–Crippen LogP) is 2.64. The van der Waals surface area contributed by atoms with Gasteiger partial charge in [-0.2, -0.15) is 0 Å². The lowest BCUT2D eigenvalue weighted by molar-refractivity contribution is -0.133. The number of hydrogen-bond acceptors (Lipinski definition) is 4. The molecule has 1 unspecified atom stereocenters. The number of thioether (sulfide) groups is 1. The number of carboxylic acid groups (broad SMARTS) is 1. The van der Waals surface area contributed by atoms with Crippen molar-refractivity contribution in [3.63, 3.8) is 0 Å². The number of aromatic nitrogens is 2. The molecule has 0 spiro atoms. The third-order valence-electron chi connectivity index (χ3n) is 3.73. The maximum absolute atomic E-state index is 10.8. The van der Waals surface area contributed by atoms with Crippen LogP contribution >= 0.6 is 11.8 Å². The summed E-state index contributed by atoms with van der Waals surface area (Å²) in [5.74, 6) is -0.179. The first kappa shape index (κ1) is 14.4. The van der Waals surface area contributed by atoms with Gasteiger partial charge in [0.1, 0.15) is 0 Å². The molecule has 1 N–H and O–H groups in total. The zero-order valence-electron chi connectivity index (χ0n) is 11.7. The van der Waals surface area contributed by atoms with Crippen LogP contribution in [0.5, 0.6) is 0 Å². The Bertz CT molecular complexity index is 635. The molecule has 0 saturated carbocycles. The average Bonchev–Trinajstić information content (AvgIpc) is 3.10. The van der Waals surface area contributed by atoms with Crippen LogP contribution in [-0.4, -0.2) is 39.6 Å². The van der Waals surface area contributed by atoms with E-state index in [1.54, 1.807) is 0 Å². The third-order valence-corrected chi connectivity index (χ3v) is 4.69. The minimum absolute atomic E-state index is 0.0376. The highest BCUT2D eigenvalue weighted by Gasteiger charge is 2.18. The van der Waals surface area contributed by atoms with Crippen molar-refractivity contribution < 1.29 is 14.6 Å². The average molecular weight is 306 g/mol. The van der Waals surface area contributed by atoms with E-state index in [1.807, 2.05) is 24.3 Å². The van der Waals surface area contributed by atoms with Gasteiger partial charge in [0.15, 0.2) is 5.16 Å². The molecule has 1 aromatic heterocycles. The molecule has 6 heteroatoms. The lowest BCUT2D eigenvalue weighted by Crippen LogP contribution is -2.08. The number of rotatable bonds is 6. The van der Waals surface area contributed by atoms with Crippen LogP contribution < -0.4 is 0 Å². The second kappa shape index (κ2) is 6.49. The summed E-state index contributed by atoms with van der Waals surface area (Å²) in [4.78, 5) is 15.4. The van der Waals surface area contributed by atoms with Gasteiger partial charge in [-0.25, -0.2) is 4.98 Å². The fourth-order valence-electron chi connectivity index (χ4n) is 2.63. The lowest BCUT2D eigenvalue weighted by atomic mass is 10.1. The molecular formula is C15H18N2O3S. The van der Waals surface area contributed by atoms with Crippen molar-refractivity contribution in [1.82, 2.24) is 9.55 Å². The standard InChI is InChI=1S/C15H18N2O3S/c18-14(19)10-21-15-16-12-3-1-2-4-13(12)17(15)7-5-11-6-8-20-9-11/h1-4,11H,5-10H2,(H,18,19). The van der Waals surface area contributed by atoms with Crippen molar-refractivity contribution in [3.8, 4) is 0 Å². The second-order valence-corrected chi connectivity index (χ2v) is 6.18. The van der Waals surface area contributed by atoms with Crippen LogP contribution in [0.2, 0.25) is 0 Å². The van der Waals surface area contributed by atoms with Gasteiger partial charge in [0.05, 0.1) is 16.8 Å². The molecule has 1 aliphatic heterocycles. The van der Waals surface area contributed by atoms with E-state index in [0.717, 1.165) is 48.8 Å². The number of aryl methyl sites for hydroxylation is 1. The van der Waals surface area contributed by atoms with E-state index in [1.165, 1.54) is 11.8 Å². The topological polar surface area (TPSA) is 64.3 Å². The predicted molar refractivity (Wildman–Crippen MR) is 81.6 cm³/mol. The highest BCUT2D eigenvalue weighted by molar-refractivity contribution is 7.99. The number of hydrogen-bond donors (Lipinski definition) is 1. The van der Waals surface area contributed by atoms with E-state index >= 15 is 0 Å². The number of fused-ring (bicyclic) bond motifs is 1. The van der Waals surface area contributed by atoms with Crippen molar-refractivity contribution >= 4 is 28.8 Å². The molecule has 112 valence electrons. The molecule has 1 aliphatic rings. The van der Waals surface area contributed by atoms with E-state index in [2.05, 4.69) is 9.55 Å². The largest absolute Gasteiger partial charge is 0.481 e. The summed E-state index contributed by atoms with van der Waals surface area (Å²) in [5.41, 5.74) is 2.00. The van der Waals surface area contributed by atoms with Crippen molar-refractivity contribution in [2.45, 2.75) is 24.5 Å². The van der Waals surface area contributed by atoms with Crippen LogP contribution in [0.4, 0.5) is 0 Å². The number of nitrogens with zero attached hydrogens (tertiary/aromatic N) is 2. The first-order valence-electron chi connectivity index (χ1n) is 7.11. The normalized spacial score (nSPS) is 18.4. The van der Waals surface area contributed by atoms with Crippen molar-refractivity contribution in [2.24, 2.45) is 5.92 Å². The molecule has 1 saturated heterocycles. The maximum atomic E-state index is 10.8. The summed E-state index contributed by atoms with van der Waals surface area (Å²) in [7, 11) is 0. The van der Waals surface area contributed by atoms with Crippen LogP contribution in [0, 0.1) is 5.92 Å². The van der Waals surface area contributed by atoms with Crippen LogP contribution in [0.25, 0.3) is 11.0 Å². The molecule has 0 amide bonds. The van der Waals surface area contributed by atoms with Crippen molar-refractivity contribution in [2.75, 3.05) is 19.0 Å². The molecule has 5 nitrogen and oxygen atoms in total. The Hall–Kier alpha value is -1.53. The number of benzene rings is 1. The van der Waals surface area contributed by atoms with Crippen LogP contribution in [0.15, 0.2) is 29.4 Å². The van der Waals surface area contributed by atoms with Gasteiger partial charge >= 0.3 is 5.97 Å². The Morgan fingerprint density at radius 1 is 1.48 bits per heavy atom. The summed E-state index contributed by atoms with van der Waals surface area (Å²) in [5, 5.41) is 9.66. The molecule has 1 aromatic carbocycles. The van der Waals surface area contributed by atoms with Crippen molar-refractivity contribution in [1.29, 1.82) is 0 Å². The number of aliphatic carboxylic acids is 1.